The lowest BCUT2D eigenvalue weighted by atomic mass is 9.96. The molecule has 0 aromatic heterocycles. The maximum atomic E-state index is 13.4. The molecule has 0 radical (unpaired) electrons. The quantitative estimate of drug-likeness (QED) is 0.659. The van der Waals surface area contributed by atoms with Gasteiger partial charge in [-0.05, 0) is 62.1 Å². The fraction of sp³-hybridized carbons (Fsp3) is 0.294. The zero-order valence-corrected chi connectivity index (χ0v) is 14.0. The minimum absolute atomic E-state index is 0.0222. The average molecular weight is 326 g/mol. The van der Waals surface area contributed by atoms with Crippen LogP contribution in [0.1, 0.15) is 35.2 Å². The first-order valence-corrected chi connectivity index (χ1v) is 7.54. The van der Waals surface area contributed by atoms with Gasteiger partial charge in [-0.2, -0.15) is 0 Å². The molecule has 0 spiro atoms. The molecule has 0 bridgehead atoms. The number of rotatable bonds is 3. The molecule has 0 heterocycles. The van der Waals surface area contributed by atoms with E-state index in [1.165, 1.54) is 22.3 Å². The summed E-state index contributed by atoms with van der Waals surface area (Å²) in [6.45, 7) is 8.34. The lowest BCUT2D eigenvalue weighted by Crippen LogP contribution is -2.09. The summed E-state index contributed by atoms with van der Waals surface area (Å²) in [7, 11) is 0. The minimum Gasteiger partial charge on any atom is -0.378 e. The minimum atomic E-state index is -0.584. The van der Waals surface area contributed by atoms with Crippen molar-refractivity contribution in [3.05, 3.63) is 62.4 Å². The average Bonchev–Trinajstić information content (AvgIpc) is 2.40. The monoisotopic (exact) mass is 325 g/mol. The van der Waals surface area contributed by atoms with Crippen LogP contribution in [0.5, 0.6) is 0 Å². The summed E-state index contributed by atoms with van der Waals surface area (Å²) >= 11 is 11.7. The van der Waals surface area contributed by atoms with Gasteiger partial charge < -0.3 is 5.32 Å². The Labute approximate surface area is 135 Å². The van der Waals surface area contributed by atoms with Crippen molar-refractivity contribution >= 4 is 28.9 Å². The normalized spacial score (nSPS) is 12.3. The molecule has 112 valence electrons. The summed E-state index contributed by atoms with van der Waals surface area (Å²) in [5.41, 5.74) is 5.65. The van der Waals surface area contributed by atoms with E-state index >= 15 is 0 Å². The Bertz CT molecular complexity index is 660. The van der Waals surface area contributed by atoms with Crippen LogP contribution >= 0.6 is 23.2 Å². The van der Waals surface area contributed by atoms with E-state index in [1.807, 2.05) is 0 Å². The standard InChI is InChI=1S/C17H18Cl2FN/c1-9-5-11(3)14(6-10(9)2)12(4)21-13-7-15(18)17(20)16(19)8-13/h5-8,12,21H,1-4H3. The highest BCUT2D eigenvalue weighted by Gasteiger charge is 2.13. The maximum absolute atomic E-state index is 13.4. The van der Waals surface area contributed by atoms with Gasteiger partial charge in [0.15, 0.2) is 5.82 Å². The van der Waals surface area contributed by atoms with Gasteiger partial charge in [0, 0.05) is 11.7 Å². The van der Waals surface area contributed by atoms with Crippen LogP contribution in [0.4, 0.5) is 10.1 Å². The summed E-state index contributed by atoms with van der Waals surface area (Å²) in [5, 5.41) is 3.36. The van der Waals surface area contributed by atoms with Crippen LogP contribution < -0.4 is 5.32 Å². The summed E-state index contributed by atoms with van der Waals surface area (Å²) in [4.78, 5) is 0. The molecule has 0 saturated carbocycles. The molecule has 1 atom stereocenters. The van der Waals surface area contributed by atoms with Crippen LogP contribution in [-0.4, -0.2) is 0 Å². The van der Waals surface area contributed by atoms with Crippen LogP contribution in [-0.2, 0) is 0 Å². The zero-order valence-electron chi connectivity index (χ0n) is 12.5. The smallest absolute Gasteiger partial charge is 0.160 e. The molecule has 4 heteroatoms. The highest BCUT2D eigenvalue weighted by molar-refractivity contribution is 6.35. The zero-order chi connectivity index (χ0) is 15.7. The van der Waals surface area contributed by atoms with Gasteiger partial charge in [0.05, 0.1) is 10.0 Å². The third kappa shape index (κ3) is 3.50. The third-order valence-corrected chi connectivity index (χ3v) is 4.27. The Kier molecular flexibility index (Phi) is 4.80. The predicted molar refractivity (Wildman–Crippen MR) is 89.1 cm³/mol. The van der Waals surface area contributed by atoms with Gasteiger partial charge in [-0.15, -0.1) is 0 Å². The SMILES string of the molecule is Cc1cc(C)c(C(C)Nc2cc(Cl)c(F)c(Cl)c2)cc1C. The largest absolute Gasteiger partial charge is 0.378 e. The van der Waals surface area contributed by atoms with Crippen molar-refractivity contribution in [1.82, 2.24) is 0 Å². The van der Waals surface area contributed by atoms with Crippen molar-refractivity contribution in [1.29, 1.82) is 0 Å². The van der Waals surface area contributed by atoms with E-state index in [0.29, 0.717) is 5.69 Å². The topological polar surface area (TPSA) is 12.0 Å². The van der Waals surface area contributed by atoms with E-state index in [2.05, 4.69) is 45.1 Å². The first-order chi connectivity index (χ1) is 9.79. The van der Waals surface area contributed by atoms with Crippen molar-refractivity contribution in [2.24, 2.45) is 0 Å². The first-order valence-electron chi connectivity index (χ1n) is 6.78. The van der Waals surface area contributed by atoms with Crippen LogP contribution in [0.2, 0.25) is 10.0 Å². The van der Waals surface area contributed by atoms with Gasteiger partial charge in [0.25, 0.3) is 0 Å². The first kappa shape index (κ1) is 16.1. The Morgan fingerprint density at radius 3 is 2.00 bits per heavy atom. The molecule has 1 unspecified atom stereocenters. The molecule has 0 aliphatic carbocycles. The lowest BCUT2D eigenvalue weighted by Gasteiger charge is -2.20. The van der Waals surface area contributed by atoms with Crippen molar-refractivity contribution in [2.45, 2.75) is 33.7 Å². The number of aryl methyl sites for hydroxylation is 3. The number of nitrogens with one attached hydrogen (secondary N) is 1. The molecule has 2 aromatic carbocycles. The Morgan fingerprint density at radius 2 is 1.43 bits per heavy atom. The second-order valence-electron chi connectivity index (χ2n) is 5.41. The van der Waals surface area contributed by atoms with Crippen LogP contribution in [0.25, 0.3) is 0 Å². The molecule has 2 aromatic rings. The van der Waals surface area contributed by atoms with Crippen LogP contribution in [0.3, 0.4) is 0 Å². The number of hydrogen-bond acceptors (Lipinski definition) is 1. The molecular formula is C17H18Cl2FN. The molecular weight excluding hydrogens is 308 g/mol. The third-order valence-electron chi connectivity index (χ3n) is 3.72. The van der Waals surface area contributed by atoms with Crippen molar-refractivity contribution < 1.29 is 4.39 Å². The van der Waals surface area contributed by atoms with Gasteiger partial charge in [0.2, 0.25) is 0 Å². The van der Waals surface area contributed by atoms with Gasteiger partial charge in [-0.3, -0.25) is 0 Å². The van der Waals surface area contributed by atoms with E-state index in [0.717, 1.165) is 0 Å². The fourth-order valence-electron chi connectivity index (χ4n) is 2.42. The number of hydrogen-bond donors (Lipinski definition) is 1. The maximum Gasteiger partial charge on any atom is 0.160 e. The van der Waals surface area contributed by atoms with Gasteiger partial charge in [0.1, 0.15) is 0 Å². The van der Waals surface area contributed by atoms with Crippen molar-refractivity contribution in [2.75, 3.05) is 5.32 Å². The van der Waals surface area contributed by atoms with E-state index < -0.39 is 5.82 Å². The molecule has 0 aliphatic rings. The van der Waals surface area contributed by atoms with E-state index in [-0.39, 0.29) is 16.1 Å². The highest BCUT2D eigenvalue weighted by atomic mass is 35.5. The number of halogens is 3. The Hall–Kier alpha value is -1.25. The fourth-order valence-corrected chi connectivity index (χ4v) is 2.90. The number of benzene rings is 2. The summed E-state index contributed by atoms with van der Waals surface area (Å²) in [6, 6.07) is 7.52. The molecule has 0 aliphatic heterocycles. The molecule has 0 fully saturated rings. The second-order valence-corrected chi connectivity index (χ2v) is 6.23. The van der Waals surface area contributed by atoms with Crippen LogP contribution in [0.15, 0.2) is 24.3 Å². The van der Waals surface area contributed by atoms with E-state index in [9.17, 15) is 4.39 Å². The highest BCUT2D eigenvalue weighted by Crippen LogP contribution is 2.30. The van der Waals surface area contributed by atoms with Gasteiger partial charge in [-0.25, -0.2) is 4.39 Å². The van der Waals surface area contributed by atoms with Crippen molar-refractivity contribution in [3.63, 3.8) is 0 Å². The van der Waals surface area contributed by atoms with E-state index in [1.54, 1.807) is 12.1 Å². The predicted octanol–water partition coefficient (Wildman–Crippen LogP) is 6.23. The molecule has 0 amide bonds. The van der Waals surface area contributed by atoms with E-state index in [4.69, 9.17) is 23.2 Å². The van der Waals surface area contributed by atoms with Crippen molar-refractivity contribution in [3.8, 4) is 0 Å². The summed E-state index contributed by atoms with van der Waals surface area (Å²) in [6.07, 6.45) is 0. The Balaban J connectivity index is 2.30. The number of anilines is 1. The molecule has 2 rings (SSSR count). The Morgan fingerprint density at radius 1 is 0.905 bits per heavy atom. The lowest BCUT2D eigenvalue weighted by molar-refractivity contribution is 0.628. The summed E-state index contributed by atoms with van der Waals surface area (Å²) < 4.78 is 13.4. The molecule has 1 N–H and O–H groups in total. The van der Waals surface area contributed by atoms with Gasteiger partial charge in [-0.1, -0.05) is 35.3 Å². The second kappa shape index (κ2) is 6.25. The molecule has 1 nitrogen and oxygen atoms in total. The summed E-state index contributed by atoms with van der Waals surface area (Å²) in [5.74, 6) is -0.584. The van der Waals surface area contributed by atoms with Crippen LogP contribution in [0, 0.1) is 26.6 Å². The van der Waals surface area contributed by atoms with Gasteiger partial charge >= 0.3 is 0 Å². The molecule has 0 saturated heterocycles. The molecule has 21 heavy (non-hydrogen) atoms.